The highest BCUT2D eigenvalue weighted by molar-refractivity contribution is 14.0. The van der Waals surface area contributed by atoms with E-state index < -0.39 is 0 Å². The van der Waals surface area contributed by atoms with E-state index in [1.165, 1.54) is 6.07 Å². The molecule has 1 N–H and O–H groups in total. The molecule has 1 atom stereocenters. The van der Waals surface area contributed by atoms with Gasteiger partial charge in [0.2, 0.25) is 0 Å². The standard InChI is InChI=1S/C21H31FN6O.HI/c1-4-23-21(24-9-6-10-26(2)19-8-5-7-18(22)13-19)28-11-12-29-20(16-28)17-14-25-27(3)15-17;/h5,7-8,13-15,20H,4,6,9-12,16H2,1-3H3,(H,23,24);1H. The number of benzene rings is 1. The summed E-state index contributed by atoms with van der Waals surface area (Å²) in [5.41, 5.74) is 1.97. The largest absolute Gasteiger partial charge is 0.374 e. The molecular weight excluding hydrogens is 498 g/mol. The van der Waals surface area contributed by atoms with Crippen LogP contribution in [0, 0.1) is 5.82 Å². The van der Waals surface area contributed by atoms with Crippen LogP contribution in [0.2, 0.25) is 0 Å². The number of aromatic nitrogens is 2. The fraction of sp³-hybridized carbons (Fsp3) is 0.524. The average Bonchev–Trinajstić information content (AvgIpc) is 3.16. The number of aryl methyl sites for hydroxylation is 1. The Labute approximate surface area is 195 Å². The van der Waals surface area contributed by atoms with Crippen LogP contribution in [-0.2, 0) is 11.8 Å². The number of nitrogens with zero attached hydrogens (tertiary/aromatic N) is 5. The van der Waals surface area contributed by atoms with Gasteiger partial charge in [0, 0.05) is 57.7 Å². The molecule has 166 valence electrons. The molecule has 1 aliphatic rings. The highest BCUT2D eigenvalue weighted by atomic mass is 127. The summed E-state index contributed by atoms with van der Waals surface area (Å²) in [5.74, 6) is 0.704. The predicted molar refractivity (Wildman–Crippen MR) is 129 cm³/mol. The van der Waals surface area contributed by atoms with E-state index in [1.54, 1.807) is 16.8 Å². The zero-order valence-corrected chi connectivity index (χ0v) is 20.3. The zero-order valence-electron chi connectivity index (χ0n) is 17.9. The molecule has 0 radical (unpaired) electrons. The van der Waals surface area contributed by atoms with Gasteiger partial charge in [0.15, 0.2) is 5.96 Å². The Morgan fingerprint density at radius 1 is 1.43 bits per heavy atom. The van der Waals surface area contributed by atoms with Gasteiger partial charge in [-0.25, -0.2) is 4.39 Å². The number of guanidine groups is 1. The maximum absolute atomic E-state index is 13.4. The fourth-order valence-electron chi connectivity index (χ4n) is 3.41. The van der Waals surface area contributed by atoms with Crippen LogP contribution in [0.1, 0.15) is 25.0 Å². The van der Waals surface area contributed by atoms with Gasteiger partial charge in [-0.3, -0.25) is 9.67 Å². The van der Waals surface area contributed by atoms with Crippen LogP contribution < -0.4 is 10.2 Å². The van der Waals surface area contributed by atoms with Crippen LogP contribution in [0.5, 0.6) is 0 Å². The van der Waals surface area contributed by atoms with Crippen LogP contribution >= 0.6 is 24.0 Å². The van der Waals surface area contributed by atoms with Crippen molar-refractivity contribution < 1.29 is 9.13 Å². The molecule has 1 fully saturated rings. The number of anilines is 1. The van der Waals surface area contributed by atoms with Crippen molar-refractivity contribution in [3.63, 3.8) is 0 Å². The molecule has 0 saturated carbocycles. The van der Waals surface area contributed by atoms with E-state index >= 15 is 0 Å². The third-order valence-corrected chi connectivity index (χ3v) is 4.96. The smallest absolute Gasteiger partial charge is 0.194 e. The molecule has 0 bridgehead atoms. The summed E-state index contributed by atoms with van der Waals surface area (Å²) in [6, 6.07) is 6.67. The van der Waals surface area contributed by atoms with Crippen LogP contribution in [0.3, 0.4) is 0 Å². The van der Waals surface area contributed by atoms with E-state index in [9.17, 15) is 4.39 Å². The summed E-state index contributed by atoms with van der Waals surface area (Å²) in [5, 5.41) is 7.64. The fourth-order valence-corrected chi connectivity index (χ4v) is 3.41. The lowest BCUT2D eigenvalue weighted by atomic mass is 10.1. The predicted octanol–water partition coefficient (Wildman–Crippen LogP) is 3.04. The zero-order chi connectivity index (χ0) is 20.6. The van der Waals surface area contributed by atoms with E-state index in [0.29, 0.717) is 13.2 Å². The molecule has 3 rings (SSSR count). The topological polar surface area (TPSA) is 57.9 Å². The molecule has 2 heterocycles. The number of hydrogen-bond donors (Lipinski definition) is 1. The monoisotopic (exact) mass is 530 g/mol. The number of morpholine rings is 1. The Morgan fingerprint density at radius 3 is 2.97 bits per heavy atom. The summed E-state index contributed by atoms with van der Waals surface area (Å²) >= 11 is 0. The highest BCUT2D eigenvalue weighted by Gasteiger charge is 2.25. The summed E-state index contributed by atoms with van der Waals surface area (Å²) in [7, 11) is 3.89. The first-order valence-electron chi connectivity index (χ1n) is 10.2. The van der Waals surface area contributed by atoms with Gasteiger partial charge in [-0.2, -0.15) is 5.10 Å². The van der Waals surface area contributed by atoms with Crippen molar-refractivity contribution in [2.75, 3.05) is 51.3 Å². The minimum absolute atomic E-state index is 0. The molecule has 1 unspecified atom stereocenters. The minimum Gasteiger partial charge on any atom is -0.374 e. The summed E-state index contributed by atoms with van der Waals surface area (Å²) < 4.78 is 21.1. The Hall–Kier alpha value is -1.88. The average molecular weight is 530 g/mol. The molecule has 1 aromatic carbocycles. The van der Waals surface area contributed by atoms with E-state index in [2.05, 4.69) is 27.1 Å². The number of aliphatic imine (C=N–C) groups is 1. The van der Waals surface area contributed by atoms with Gasteiger partial charge < -0.3 is 19.9 Å². The van der Waals surface area contributed by atoms with Gasteiger partial charge in [-0.1, -0.05) is 6.07 Å². The maximum atomic E-state index is 13.4. The molecule has 0 aliphatic carbocycles. The van der Waals surface area contributed by atoms with Gasteiger partial charge in [-0.15, -0.1) is 24.0 Å². The van der Waals surface area contributed by atoms with Gasteiger partial charge in [0.05, 0.1) is 19.3 Å². The minimum atomic E-state index is -0.211. The van der Waals surface area contributed by atoms with Crippen LogP contribution in [0.4, 0.5) is 10.1 Å². The van der Waals surface area contributed by atoms with Crippen molar-refractivity contribution in [2.45, 2.75) is 19.4 Å². The Balaban J connectivity index is 0.00000320. The molecule has 9 heteroatoms. The van der Waals surface area contributed by atoms with E-state index in [0.717, 1.165) is 49.8 Å². The SMILES string of the molecule is CCNC(=NCCCN(C)c1cccc(F)c1)N1CCOC(c2cnn(C)c2)C1.I. The second-order valence-corrected chi connectivity index (χ2v) is 7.24. The molecule has 1 aromatic heterocycles. The molecule has 30 heavy (non-hydrogen) atoms. The van der Waals surface area contributed by atoms with Gasteiger partial charge in [0.1, 0.15) is 11.9 Å². The third-order valence-electron chi connectivity index (χ3n) is 4.96. The lowest BCUT2D eigenvalue weighted by Gasteiger charge is -2.34. The third kappa shape index (κ3) is 6.83. The molecule has 0 amide bonds. The summed E-state index contributed by atoms with van der Waals surface area (Å²) in [6.45, 7) is 6.63. The van der Waals surface area contributed by atoms with Crippen LogP contribution in [-0.4, -0.2) is 67.0 Å². The first-order valence-corrected chi connectivity index (χ1v) is 10.2. The number of rotatable bonds is 7. The lowest BCUT2D eigenvalue weighted by Crippen LogP contribution is -2.48. The lowest BCUT2D eigenvalue weighted by molar-refractivity contribution is -0.00803. The summed E-state index contributed by atoms with van der Waals surface area (Å²) in [6.07, 6.45) is 4.75. The normalized spacial score (nSPS) is 16.9. The van der Waals surface area contributed by atoms with Crippen molar-refractivity contribution in [1.82, 2.24) is 20.0 Å². The maximum Gasteiger partial charge on any atom is 0.194 e. The van der Waals surface area contributed by atoms with E-state index in [4.69, 9.17) is 9.73 Å². The Morgan fingerprint density at radius 2 is 2.27 bits per heavy atom. The quantitative estimate of drug-likeness (QED) is 0.258. The number of halogens is 2. The molecule has 7 nitrogen and oxygen atoms in total. The number of nitrogens with one attached hydrogen (secondary N) is 1. The van der Waals surface area contributed by atoms with Crippen molar-refractivity contribution in [3.8, 4) is 0 Å². The van der Waals surface area contributed by atoms with Crippen molar-refractivity contribution in [3.05, 3.63) is 48.0 Å². The van der Waals surface area contributed by atoms with Crippen molar-refractivity contribution >= 4 is 35.6 Å². The van der Waals surface area contributed by atoms with Crippen LogP contribution in [0.15, 0.2) is 41.7 Å². The van der Waals surface area contributed by atoms with Crippen LogP contribution in [0.25, 0.3) is 0 Å². The van der Waals surface area contributed by atoms with Crippen molar-refractivity contribution in [2.24, 2.45) is 12.0 Å². The van der Waals surface area contributed by atoms with E-state index in [-0.39, 0.29) is 35.9 Å². The first-order chi connectivity index (χ1) is 14.1. The molecule has 1 saturated heterocycles. The first kappa shape index (κ1) is 24.4. The van der Waals surface area contributed by atoms with Gasteiger partial charge in [0.25, 0.3) is 0 Å². The number of ether oxygens (including phenoxy) is 1. The van der Waals surface area contributed by atoms with Gasteiger partial charge >= 0.3 is 0 Å². The second-order valence-electron chi connectivity index (χ2n) is 7.24. The Kier molecular flexibility index (Phi) is 9.83. The molecule has 1 aliphatic heterocycles. The second kappa shape index (κ2) is 12.1. The van der Waals surface area contributed by atoms with E-state index in [1.807, 2.05) is 32.6 Å². The Bertz CT molecular complexity index is 814. The van der Waals surface area contributed by atoms with Crippen molar-refractivity contribution in [1.29, 1.82) is 0 Å². The summed E-state index contributed by atoms with van der Waals surface area (Å²) in [4.78, 5) is 9.11. The molecule has 2 aromatic rings. The molecular formula is C21H32FIN6O. The number of hydrogen-bond acceptors (Lipinski definition) is 4. The molecule has 0 spiro atoms. The van der Waals surface area contributed by atoms with Gasteiger partial charge in [-0.05, 0) is 31.5 Å². The highest BCUT2D eigenvalue weighted by Crippen LogP contribution is 2.21.